The first-order valence-electron chi connectivity index (χ1n) is 14.1. The molecule has 4 heterocycles. The number of ketones is 1. The van der Waals surface area contributed by atoms with E-state index in [-0.39, 0.29) is 29.4 Å². The normalized spacial score (nSPS) is 18.0. The second-order valence-electron chi connectivity index (χ2n) is 10.5. The molecule has 1 unspecified atom stereocenters. The van der Waals surface area contributed by atoms with E-state index in [2.05, 4.69) is 9.88 Å². The van der Waals surface area contributed by atoms with Crippen molar-refractivity contribution in [2.75, 3.05) is 37.7 Å². The van der Waals surface area contributed by atoms with Gasteiger partial charge in [0.25, 0.3) is 10.0 Å². The van der Waals surface area contributed by atoms with Crippen molar-refractivity contribution in [3.63, 3.8) is 0 Å². The number of benzene rings is 2. The molecule has 11 heteroatoms. The van der Waals surface area contributed by atoms with E-state index in [0.717, 1.165) is 30.0 Å². The number of halogens is 1. The summed E-state index contributed by atoms with van der Waals surface area (Å²) >= 11 is 0. The monoisotopic (exact) mass is 593 g/mol. The number of Topliss-reactive ketones (excluding diaryl/α,β-unsaturated/α-hetero) is 1. The van der Waals surface area contributed by atoms with Crippen molar-refractivity contribution in [1.29, 1.82) is 0 Å². The lowest BCUT2D eigenvalue weighted by molar-refractivity contribution is -0.122. The van der Waals surface area contributed by atoms with Gasteiger partial charge >= 0.3 is 0 Å². The number of aromatic nitrogens is 1. The van der Waals surface area contributed by atoms with Gasteiger partial charge < -0.3 is 18.8 Å². The summed E-state index contributed by atoms with van der Waals surface area (Å²) in [6, 6.07) is 15.9. The first-order chi connectivity index (χ1) is 20.4. The van der Waals surface area contributed by atoms with Gasteiger partial charge in [0.2, 0.25) is 5.09 Å². The van der Waals surface area contributed by atoms with Gasteiger partial charge in [-0.25, -0.2) is 17.8 Å². The number of hydrogen-bond acceptors (Lipinski definition) is 8. The Labute approximate surface area is 243 Å². The minimum Gasteiger partial charge on any atom is -0.489 e. The molecule has 42 heavy (non-hydrogen) atoms. The molecule has 0 N–H and O–H groups in total. The van der Waals surface area contributed by atoms with Crippen LogP contribution >= 0.6 is 0 Å². The van der Waals surface area contributed by atoms with Crippen LogP contribution < -0.4 is 9.64 Å². The topological polar surface area (TPSA) is 102 Å². The molecule has 0 radical (unpaired) electrons. The Bertz CT molecular complexity index is 1690. The van der Waals surface area contributed by atoms with Gasteiger partial charge in [0.15, 0.2) is 5.78 Å². The first kappa shape index (κ1) is 28.3. The number of carbonyl (C=O) groups excluding carboxylic acids is 1. The fourth-order valence-electron chi connectivity index (χ4n) is 5.49. The molecule has 2 saturated heterocycles. The van der Waals surface area contributed by atoms with Crippen LogP contribution in [0.15, 0.2) is 76.4 Å². The van der Waals surface area contributed by atoms with Crippen LogP contribution in [-0.2, 0) is 32.6 Å². The zero-order chi connectivity index (χ0) is 29.1. The van der Waals surface area contributed by atoms with Gasteiger partial charge in [-0.3, -0.25) is 4.79 Å². The van der Waals surface area contributed by atoms with Crippen LogP contribution in [0.3, 0.4) is 0 Å². The number of nitrogens with zero attached hydrogens (tertiary/aromatic N) is 3. The van der Waals surface area contributed by atoms with Crippen LogP contribution in [0.5, 0.6) is 5.75 Å². The van der Waals surface area contributed by atoms with Crippen LogP contribution in [0.2, 0.25) is 0 Å². The maximum absolute atomic E-state index is 13.6. The molecule has 2 aliphatic rings. The quantitative estimate of drug-likeness (QED) is 0.260. The van der Waals surface area contributed by atoms with Gasteiger partial charge in [0.1, 0.15) is 29.6 Å². The smallest absolute Gasteiger partial charge is 0.277 e. The number of pyridine rings is 1. The highest BCUT2D eigenvalue weighted by atomic mass is 32.2. The van der Waals surface area contributed by atoms with Crippen LogP contribution in [0.25, 0.3) is 11.0 Å². The molecule has 0 spiro atoms. The van der Waals surface area contributed by atoms with E-state index in [1.54, 1.807) is 6.20 Å². The molecule has 0 aliphatic carbocycles. The highest BCUT2D eigenvalue weighted by Gasteiger charge is 2.40. The van der Waals surface area contributed by atoms with Gasteiger partial charge in [-0.1, -0.05) is 12.1 Å². The summed E-state index contributed by atoms with van der Waals surface area (Å²) in [6.45, 7) is 3.61. The Kier molecular flexibility index (Phi) is 8.23. The summed E-state index contributed by atoms with van der Waals surface area (Å²) in [7, 11) is -4.05. The van der Waals surface area contributed by atoms with Crippen LogP contribution in [0.4, 0.5) is 10.2 Å². The van der Waals surface area contributed by atoms with E-state index in [1.807, 2.05) is 36.4 Å². The number of ether oxygens (including phenoxy) is 2. The number of morpholine rings is 1. The Morgan fingerprint density at radius 3 is 2.74 bits per heavy atom. The standard InChI is InChI=1S/C31H32FN3O6S/c32-25-7-9-29-24(19-25)20-31(41-29)42(37,38)35-12-2-5-27(35)28(36)8-6-22-3-1-4-26(17-22)40-21-23-10-11-33-30(18-23)34-13-15-39-16-14-34/h1,3-4,7,9-11,17-20,27H,2,5-6,8,12-16,21H2. The molecule has 220 valence electrons. The lowest BCUT2D eigenvalue weighted by Crippen LogP contribution is -2.40. The number of aryl methyl sites for hydroxylation is 1. The number of carbonyl (C=O) groups is 1. The maximum Gasteiger partial charge on any atom is 0.277 e. The number of furan rings is 1. The number of hydrogen-bond donors (Lipinski definition) is 0. The molecule has 6 rings (SSSR count). The number of rotatable bonds is 10. The minimum atomic E-state index is -4.05. The summed E-state index contributed by atoms with van der Waals surface area (Å²) in [6.07, 6.45) is 3.47. The second kappa shape index (κ2) is 12.2. The summed E-state index contributed by atoms with van der Waals surface area (Å²) < 4.78 is 58.6. The van der Waals surface area contributed by atoms with Crippen molar-refractivity contribution in [3.05, 3.63) is 83.8 Å². The third-order valence-electron chi connectivity index (χ3n) is 7.70. The molecule has 9 nitrogen and oxygen atoms in total. The van der Waals surface area contributed by atoms with Crippen LogP contribution in [0.1, 0.15) is 30.4 Å². The predicted octanol–water partition coefficient (Wildman–Crippen LogP) is 4.74. The SMILES string of the molecule is O=C(CCc1cccc(OCc2ccnc(N3CCOCC3)c2)c1)C1CCCN1S(=O)(=O)c1cc2cc(F)ccc2o1. The third-order valence-corrected chi connectivity index (χ3v) is 9.47. The average Bonchev–Trinajstić information content (AvgIpc) is 3.68. The van der Waals surface area contributed by atoms with Gasteiger partial charge in [-0.2, -0.15) is 4.31 Å². The molecular formula is C31H32FN3O6S. The van der Waals surface area contributed by atoms with Crippen molar-refractivity contribution >= 4 is 32.6 Å². The van der Waals surface area contributed by atoms with E-state index < -0.39 is 21.9 Å². The van der Waals surface area contributed by atoms with Crippen molar-refractivity contribution < 1.29 is 31.5 Å². The summed E-state index contributed by atoms with van der Waals surface area (Å²) in [5.74, 6) is 0.975. The van der Waals surface area contributed by atoms with Crippen molar-refractivity contribution in [2.24, 2.45) is 0 Å². The number of fused-ring (bicyclic) bond motifs is 1. The Hall–Kier alpha value is -3.80. The third kappa shape index (κ3) is 6.18. The van der Waals surface area contributed by atoms with Crippen LogP contribution in [0, 0.1) is 5.82 Å². The van der Waals surface area contributed by atoms with E-state index in [4.69, 9.17) is 13.9 Å². The summed E-state index contributed by atoms with van der Waals surface area (Å²) in [5.41, 5.74) is 2.21. The van der Waals surface area contributed by atoms with Crippen LogP contribution in [-0.4, -0.2) is 62.4 Å². The Morgan fingerprint density at radius 2 is 1.88 bits per heavy atom. The molecule has 1 atom stereocenters. The lowest BCUT2D eigenvalue weighted by Gasteiger charge is -2.28. The van der Waals surface area contributed by atoms with Gasteiger partial charge in [-0.15, -0.1) is 0 Å². The van der Waals surface area contributed by atoms with E-state index in [9.17, 15) is 17.6 Å². The lowest BCUT2D eigenvalue weighted by atomic mass is 10.0. The molecule has 2 aromatic carbocycles. The molecule has 4 aromatic rings. The molecule has 0 bridgehead atoms. The van der Waals surface area contributed by atoms with Gasteiger partial charge in [0.05, 0.1) is 19.3 Å². The van der Waals surface area contributed by atoms with Gasteiger partial charge in [0, 0.05) is 43.7 Å². The average molecular weight is 594 g/mol. The highest BCUT2D eigenvalue weighted by molar-refractivity contribution is 7.89. The zero-order valence-electron chi connectivity index (χ0n) is 23.1. The highest BCUT2D eigenvalue weighted by Crippen LogP contribution is 2.31. The molecule has 2 aliphatic heterocycles. The fourth-order valence-corrected chi connectivity index (χ4v) is 7.12. The molecule has 0 amide bonds. The molecule has 2 fully saturated rings. The summed E-state index contributed by atoms with van der Waals surface area (Å²) in [5, 5.41) is 0.0816. The van der Waals surface area contributed by atoms with Gasteiger partial charge in [-0.05, 0) is 72.9 Å². The largest absolute Gasteiger partial charge is 0.489 e. The van der Waals surface area contributed by atoms with Crippen molar-refractivity contribution in [3.8, 4) is 5.75 Å². The molecular weight excluding hydrogens is 561 g/mol. The van der Waals surface area contributed by atoms with E-state index in [1.165, 1.54) is 28.6 Å². The Morgan fingerprint density at radius 1 is 1.02 bits per heavy atom. The summed E-state index contributed by atoms with van der Waals surface area (Å²) in [4.78, 5) is 19.9. The predicted molar refractivity (Wildman–Crippen MR) is 154 cm³/mol. The van der Waals surface area contributed by atoms with E-state index in [0.29, 0.717) is 50.2 Å². The zero-order valence-corrected chi connectivity index (χ0v) is 23.9. The minimum absolute atomic E-state index is 0.142. The van der Waals surface area contributed by atoms with E-state index >= 15 is 0 Å². The maximum atomic E-state index is 13.6. The number of sulfonamides is 1. The fraction of sp³-hybridized carbons (Fsp3) is 0.355. The second-order valence-corrected chi connectivity index (χ2v) is 12.4. The molecule has 2 aromatic heterocycles. The number of anilines is 1. The van der Waals surface area contributed by atoms with Crippen molar-refractivity contribution in [1.82, 2.24) is 9.29 Å². The Balaban J connectivity index is 1.07. The molecule has 0 saturated carbocycles. The van der Waals surface area contributed by atoms with Crippen molar-refractivity contribution in [2.45, 2.75) is 43.4 Å². The first-order valence-corrected chi connectivity index (χ1v) is 15.5.